The van der Waals surface area contributed by atoms with Crippen molar-refractivity contribution in [1.82, 2.24) is 0 Å². The molecule has 2 heterocycles. The van der Waals surface area contributed by atoms with Crippen molar-refractivity contribution in [1.29, 1.82) is 0 Å². The largest absolute Gasteiger partial charge is 0.492 e. The van der Waals surface area contributed by atoms with Crippen LogP contribution in [0.1, 0.15) is 18.9 Å². The molecule has 0 saturated heterocycles. The van der Waals surface area contributed by atoms with E-state index in [1.54, 1.807) is 6.92 Å². The fraction of sp³-hybridized carbons (Fsp3) is 0.500. The normalized spacial score (nSPS) is 17.1. The van der Waals surface area contributed by atoms with Crippen LogP contribution in [0.15, 0.2) is 5.16 Å². The third-order valence-corrected chi connectivity index (χ3v) is 4.07. The number of hydrogen-bond acceptors (Lipinski definition) is 10. The average molecular weight is 382 g/mol. The number of ether oxygens (including phenoxy) is 5. The summed E-state index contributed by atoms with van der Waals surface area (Å²) in [6, 6.07) is 0. The Morgan fingerprint density at radius 3 is 2.52 bits per heavy atom. The molecule has 0 fully saturated rings. The molecule has 0 aliphatic carbocycles. The molecule has 1 aromatic rings. The highest BCUT2D eigenvalue weighted by Crippen LogP contribution is 2.55. The summed E-state index contributed by atoms with van der Waals surface area (Å²) in [5.41, 5.74) is 0.0110. The number of oxime groups is 1. The Morgan fingerprint density at radius 2 is 1.93 bits per heavy atom. The van der Waals surface area contributed by atoms with Crippen LogP contribution in [0.5, 0.6) is 23.0 Å². The third-order valence-electron chi connectivity index (χ3n) is 4.07. The second kappa shape index (κ2) is 7.56. The van der Waals surface area contributed by atoms with Crippen molar-refractivity contribution in [3.8, 4) is 23.0 Å². The number of nitrogens with zero attached hydrogens (tertiary/aromatic N) is 2. The lowest BCUT2D eigenvalue weighted by Gasteiger charge is -2.16. The maximum atomic E-state index is 11.8. The number of benzene rings is 1. The minimum Gasteiger partial charge on any atom is -0.492 e. The van der Waals surface area contributed by atoms with E-state index in [4.69, 9.17) is 28.5 Å². The van der Waals surface area contributed by atoms with Gasteiger partial charge in [-0.3, -0.25) is 10.1 Å². The monoisotopic (exact) mass is 382 g/mol. The predicted molar refractivity (Wildman–Crippen MR) is 89.6 cm³/mol. The molecule has 1 aromatic carbocycles. The van der Waals surface area contributed by atoms with Gasteiger partial charge >= 0.3 is 11.7 Å². The smallest absolute Gasteiger partial charge is 0.356 e. The Balaban J connectivity index is 1.96. The van der Waals surface area contributed by atoms with Crippen LogP contribution in [0, 0.1) is 10.1 Å². The lowest BCUT2D eigenvalue weighted by Crippen LogP contribution is -2.20. The maximum absolute atomic E-state index is 11.8. The highest BCUT2D eigenvalue weighted by atomic mass is 16.7. The summed E-state index contributed by atoms with van der Waals surface area (Å²) in [6.45, 7) is 1.78. The lowest BCUT2D eigenvalue weighted by molar-refractivity contribution is -0.386. The Bertz CT molecular complexity index is 806. The van der Waals surface area contributed by atoms with E-state index in [0.717, 1.165) is 0 Å². The molecule has 0 saturated carbocycles. The first-order valence-corrected chi connectivity index (χ1v) is 8.12. The third kappa shape index (κ3) is 3.27. The zero-order valence-electron chi connectivity index (χ0n) is 15.0. The Morgan fingerprint density at radius 1 is 1.26 bits per heavy atom. The Labute approximate surface area is 153 Å². The van der Waals surface area contributed by atoms with Crippen LogP contribution in [-0.4, -0.2) is 50.3 Å². The van der Waals surface area contributed by atoms with Crippen LogP contribution < -0.4 is 18.9 Å². The minimum atomic E-state index is -0.609. The van der Waals surface area contributed by atoms with Gasteiger partial charge in [-0.05, 0) is 6.92 Å². The number of esters is 1. The van der Waals surface area contributed by atoms with E-state index in [-0.39, 0.29) is 66.2 Å². The van der Waals surface area contributed by atoms with Gasteiger partial charge in [0.05, 0.1) is 31.3 Å². The maximum Gasteiger partial charge on any atom is 0.356 e. The molecule has 0 bridgehead atoms. The molecule has 2 aliphatic rings. The molecule has 0 spiro atoms. The lowest BCUT2D eigenvalue weighted by atomic mass is 9.99. The summed E-state index contributed by atoms with van der Waals surface area (Å²) in [7, 11) is 2.67. The number of fused-ring (bicyclic) bond motifs is 1. The molecule has 0 N–H and O–H groups in total. The van der Waals surface area contributed by atoms with E-state index in [9.17, 15) is 14.9 Å². The molecule has 146 valence electrons. The molecular formula is C16H18N2O9. The zero-order valence-corrected chi connectivity index (χ0v) is 15.0. The molecule has 0 unspecified atom stereocenters. The molecule has 11 nitrogen and oxygen atoms in total. The highest BCUT2D eigenvalue weighted by molar-refractivity contribution is 6.36. The number of rotatable bonds is 7. The van der Waals surface area contributed by atoms with Crippen molar-refractivity contribution in [3.05, 3.63) is 15.7 Å². The molecule has 1 atom stereocenters. The Hall–Kier alpha value is -3.24. The quantitative estimate of drug-likeness (QED) is 0.392. The van der Waals surface area contributed by atoms with Crippen LogP contribution in [0.3, 0.4) is 0 Å². The minimum absolute atomic E-state index is 0.0406. The first-order valence-electron chi connectivity index (χ1n) is 8.12. The molecule has 0 amide bonds. The predicted octanol–water partition coefficient (Wildman–Crippen LogP) is 1.59. The van der Waals surface area contributed by atoms with Gasteiger partial charge in [0, 0.05) is 12.8 Å². The van der Waals surface area contributed by atoms with Crippen molar-refractivity contribution in [2.24, 2.45) is 5.16 Å². The van der Waals surface area contributed by atoms with E-state index in [1.165, 1.54) is 14.2 Å². The van der Waals surface area contributed by atoms with Crippen LogP contribution in [-0.2, 0) is 20.8 Å². The molecule has 0 radical (unpaired) electrons. The molecule has 27 heavy (non-hydrogen) atoms. The van der Waals surface area contributed by atoms with Gasteiger partial charge in [-0.1, -0.05) is 5.16 Å². The van der Waals surface area contributed by atoms with Gasteiger partial charge in [-0.15, -0.1) is 0 Å². The number of nitro benzene ring substituents is 1. The van der Waals surface area contributed by atoms with Crippen molar-refractivity contribution in [2.45, 2.75) is 25.9 Å². The molecule has 3 rings (SSSR count). The van der Waals surface area contributed by atoms with E-state index in [0.29, 0.717) is 0 Å². The van der Waals surface area contributed by atoms with Gasteiger partial charge in [0.2, 0.25) is 24.0 Å². The number of hydrogen-bond donors (Lipinski definition) is 0. The first-order chi connectivity index (χ1) is 13.0. The molecule has 2 aliphatic heterocycles. The van der Waals surface area contributed by atoms with Crippen LogP contribution >= 0.6 is 0 Å². The Kier molecular flexibility index (Phi) is 5.19. The average Bonchev–Trinajstić information content (AvgIpc) is 3.30. The van der Waals surface area contributed by atoms with E-state index in [2.05, 4.69) is 5.16 Å². The summed E-state index contributed by atoms with van der Waals surface area (Å²) in [5.74, 6) is -0.152. The van der Waals surface area contributed by atoms with Crippen molar-refractivity contribution < 1.29 is 38.2 Å². The fourth-order valence-corrected chi connectivity index (χ4v) is 2.99. The second-order valence-corrected chi connectivity index (χ2v) is 5.61. The van der Waals surface area contributed by atoms with Gasteiger partial charge < -0.3 is 28.5 Å². The number of carbonyl (C=O) groups excluding carboxylic acids is 1. The number of methoxy groups -OCH3 is 2. The summed E-state index contributed by atoms with van der Waals surface area (Å²) in [4.78, 5) is 28.2. The number of nitro groups is 1. The first kappa shape index (κ1) is 18.5. The molecule has 11 heteroatoms. The standard InChI is InChI=1S/C16H18N2O9/c1-4-24-16(19)10-6-8(27-17-10)5-9-11(18(20)21)13(23-3)15-14(12(9)22-2)25-7-26-15/h8H,4-7H2,1-3H3/t8-/m1/s1. The van der Waals surface area contributed by atoms with Crippen LogP contribution in [0.2, 0.25) is 0 Å². The van der Waals surface area contributed by atoms with Gasteiger partial charge in [0.15, 0.2) is 11.5 Å². The molecule has 0 aromatic heterocycles. The van der Waals surface area contributed by atoms with E-state index in [1.807, 2.05) is 0 Å². The molecular weight excluding hydrogens is 364 g/mol. The van der Waals surface area contributed by atoms with Gasteiger partial charge in [-0.25, -0.2) is 4.79 Å². The summed E-state index contributed by atoms with van der Waals surface area (Å²) in [5, 5.41) is 15.5. The van der Waals surface area contributed by atoms with Gasteiger partial charge in [-0.2, -0.15) is 0 Å². The van der Waals surface area contributed by atoms with Crippen molar-refractivity contribution >= 4 is 17.4 Å². The second-order valence-electron chi connectivity index (χ2n) is 5.61. The topological polar surface area (TPSA) is 128 Å². The summed E-state index contributed by atoms with van der Waals surface area (Å²) in [6.07, 6.45) is -0.420. The van der Waals surface area contributed by atoms with Crippen LogP contribution in [0.4, 0.5) is 5.69 Å². The number of carbonyl (C=O) groups is 1. The summed E-state index contributed by atoms with van der Waals surface area (Å²) < 4.78 is 26.1. The summed E-state index contributed by atoms with van der Waals surface area (Å²) >= 11 is 0. The highest BCUT2D eigenvalue weighted by Gasteiger charge is 2.39. The van der Waals surface area contributed by atoms with E-state index >= 15 is 0 Å². The van der Waals surface area contributed by atoms with Crippen molar-refractivity contribution in [2.75, 3.05) is 27.6 Å². The van der Waals surface area contributed by atoms with Gasteiger partial charge in [0.1, 0.15) is 6.10 Å². The van der Waals surface area contributed by atoms with Crippen molar-refractivity contribution in [3.63, 3.8) is 0 Å². The van der Waals surface area contributed by atoms with Gasteiger partial charge in [0.25, 0.3) is 0 Å². The van der Waals surface area contributed by atoms with Crippen LogP contribution in [0.25, 0.3) is 0 Å². The van der Waals surface area contributed by atoms with E-state index < -0.39 is 17.0 Å². The zero-order chi connectivity index (χ0) is 19.6. The fourth-order valence-electron chi connectivity index (χ4n) is 2.99. The SMILES string of the molecule is CCOC(=O)C1=NO[C@H](Cc2c(OC)c3c(c(OC)c2[N+](=O)[O-])OCO3)C1.